The van der Waals surface area contributed by atoms with Crippen molar-refractivity contribution in [2.45, 2.75) is 36.0 Å². The SMILES string of the molecule is CNS(=O)(=O)c1ccc(-c2cccc(CCC(=O)C3(c4ccc(OC)cc4)CC3)c2)cc1. The fourth-order valence-corrected chi connectivity index (χ4v) is 4.84. The normalized spacial score (nSPS) is 14.7. The standard InChI is InChI=1S/C26H27NO4S/c1-27-32(29,30)24-13-7-20(8-14-24)21-5-3-4-19(18-21)6-15-25(28)26(16-17-26)22-9-11-23(31-2)12-10-22/h3-5,7-14,18,27H,6,15-17H2,1-2H3. The zero-order valence-corrected chi connectivity index (χ0v) is 19.1. The molecule has 0 unspecified atom stereocenters. The van der Waals surface area contributed by atoms with Crippen molar-refractivity contribution in [1.29, 1.82) is 0 Å². The zero-order valence-electron chi connectivity index (χ0n) is 18.3. The monoisotopic (exact) mass is 449 g/mol. The predicted molar refractivity (Wildman–Crippen MR) is 125 cm³/mol. The molecule has 0 amide bonds. The van der Waals surface area contributed by atoms with Gasteiger partial charge in [0.05, 0.1) is 17.4 Å². The molecule has 0 saturated heterocycles. The van der Waals surface area contributed by atoms with Crippen LogP contribution in [0.15, 0.2) is 77.7 Å². The highest BCUT2D eigenvalue weighted by Gasteiger charge is 2.50. The Hall–Kier alpha value is -2.96. The summed E-state index contributed by atoms with van der Waals surface area (Å²) in [5.74, 6) is 1.08. The van der Waals surface area contributed by atoms with Crippen LogP contribution >= 0.6 is 0 Å². The Morgan fingerprint density at radius 3 is 2.25 bits per heavy atom. The first-order chi connectivity index (χ1) is 15.4. The van der Waals surface area contributed by atoms with Crippen molar-refractivity contribution in [2.24, 2.45) is 0 Å². The van der Waals surface area contributed by atoms with Crippen LogP contribution in [0.2, 0.25) is 0 Å². The van der Waals surface area contributed by atoms with Gasteiger partial charge in [-0.05, 0) is 72.8 Å². The number of hydrogen-bond donors (Lipinski definition) is 1. The van der Waals surface area contributed by atoms with Crippen LogP contribution in [0.3, 0.4) is 0 Å². The molecule has 3 aromatic rings. The molecule has 0 aromatic heterocycles. The summed E-state index contributed by atoms with van der Waals surface area (Å²) in [5, 5.41) is 0. The third-order valence-corrected chi connectivity index (χ3v) is 7.69. The summed E-state index contributed by atoms with van der Waals surface area (Å²) in [6.45, 7) is 0. The number of ketones is 1. The van der Waals surface area contributed by atoms with Gasteiger partial charge in [0.2, 0.25) is 10.0 Å². The van der Waals surface area contributed by atoms with Crippen LogP contribution in [0.1, 0.15) is 30.4 Å². The van der Waals surface area contributed by atoms with E-state index in [1.165, 1.54) is 7.05 Å². The molecule has 5 nitrogen and oxygen atoms in total. The second-order valence-corrected chi connectivity index (χ2v) is 10.1. The number of benzene rings is 3. The number of methoxy groups -OCH3 is 1. The van der Waals surface area contributed by atoms with Gasteiger partial charge in [0.25, 0.3) is 0 Å². The molecule has 1 aliphatic carbocycles. The van der Waals surface area contributed by atoms with Gasteiger partial charge in [-0.2, -0.15) is 0 Å². The maximum absolute atomic E-state index is 13.1. The largest absolute Gasteiger partial charge is 0.497 e. The molecule has 0 aliphatic heterocycles. The highest BCUT2D eigenvalue weighted by atomic mass is 32.2. The minimum Gasteiger partial charge on any atom is -0.497 e. The third kappa shape index (κ3) is 4.47. The lowest BCUT2D eigenvalue weighted by atomic mass is 9.88. The van der Waals surface area contributed by atoms with Gasteiger partial charge in [0.15, 0.2) is 0 Å². The summed E-state index contributed by atoms with van der Waals surface area (Å²) in [6.07, 6.45) is 2.98. The number of hydrogen-bond acceptors (Lipinski definition) is 4. The lowest BCUT2D eigenvalue weighted by Crippen LogP contribution is -2.20. The number of sulfonamides is 1. The maximum atomic E-state index is 13.1. The fourth-order valence-electron chi connectivity index (χ4n) is 4.11. The Kier molecular flexibility index (Phi) is 6.17. The fraction of sp³-hybridized carbons (Fsp3) is 0.269. The average Bonchev–Trinajstić information content (AvgIpc) is 3.65. The van der Waals surface area contributed by atoms with Crippen molar-refractivity contribution >= 4 is 15.8 Å². The van der Waals surface area contributed by atoms with Crippen LogP contribution in [0.25, 0.3) is 11.1 Å². The summed E-state index contributed by atoms with van der Waals surface area (Å²) in [7, 11) is -0.417. The molecule has 4 rings (SSSR count). The Bertz CT molecular complexity index is 1210. The van der Waals surface area contributed by atoms with Gasteiger partial charge in [-0.25, -0.2) is 13.1 Å². The molecule has 0 heterocycles. The van der Waals surface area contributed by atoms with Crippen LogP contribution in [-0.4, -0.2) is 28.4 Å². The number of carbonyl (C=O) groups is 1. The maximum Gasteiger partial charge on any atom is 0.240 e. The molecule has 6 heteroatoms. The summed E-state index contributed by atoms with van der Waals surface area (Å²) >= 11 is 0. The van der Waals surface area contributed by atoms with Gasteiger partial charge in [0, 0.05) is 6.42 Å². The molecule has 0 atom stereocenters. The number of nitrogens with one attached hydrogen (secondary N) is 1. The number of carbonyl (C=O) groups excluding carboxylic acids is 1. The first kappa shape index (κ1) is 22.2. The molecular weight excluding hydrogens is 422 g/mol. The van der Waals surface area contributed by atoms with Crippen LogP contribution in [-0.2, 0) is 26.7 Å². The Balaban J connectivity index is 1.45. The second-order valence-electron chi connectivity index (χ2n) is 8.17. The first-order valence-corrected chi connectivity index (χ1v) is 12.2. The van der Waals surface area contributed by atoms with E-state index in [0.29, 0.717) is 12.8 Å². The summed E-state index contributed by atoms with van der Waals surface area (Å²) in [6, 6.07) is 22.7. The van der Waals surface area contributed by atoms with E-state index in [4.69, 9.17) is 4.74 Å². The van der Waals surface area contributed by atoms with E-state index in [9.17, 15) is 13.2 Å². The van der Waals surface area contributed by atoms with Gasteiger partial charge < -0.3 is 4.74 Å². The number of Topliss-reactive ketones (excluding diaryl/α,β-unsaturated/α-hetero) is 1. The topological polar surface area (TPSA) is 72.5 Å². The Morgan fingerprint density at radius 1 is 0.969 bits per heavy atom. The third-order valence-electron chi connectivity index (χ3n) is 6.26. The first-order valence-electron chi connectivity index (χ1n) is 10.7. The average molecular weight is 450 g/mol. The van der Waals surface area contributed by atoms with E-state index in [-0.39, 0.29) is 16.1 Å². The van der Waals surface area contributed by atoms with Gasteiger partial charge >= 0.3 is 0 Å². The molecular formula is C26H27NO4S. The van der Waals surface area contributed by atoms with Crippen LogP contribution < -0.4 is 9.46 Å². The van der Waals surface area contributed by atoms with E-state index in [2.05, 4.69) is 10.8 Å². The lowest BCUT2D eigenvalue weighted by molar-refractivity contribution is -0.121. The van der Waals surface area contributed by atoms with Gasteiger partial charge in [0.1, 0.15) is 11.5 Å². The number of rotatable bonds is 9. The lowest BCUT2D eigenvalue weighted by Gasteiger charge is -2.15. The van der Waals surface area contributed by atoms with Crippen molar-refractivity contribution < 1.29 is 17.9 Å². The van der Waals surface area contributed by atoms with Gasteiger partial charge in [-0.1, -0.05) is 48.5 Å². The van der Waals surface area contributed by atoms with Crippen molar-refractivity contribution in [2.75, 3.05) is 14.2 Å². The summed E-state index contributed by atoms with van der Waals surface area (Å²) in [5.41, 5.74) is 3.77. The predicted octanol–water partition coefficient (Wildman–Crippen LogP) is 4.50. The molecule has 32 heavy (non-hydrogen) atoms. The van der Waals surface area contributed by atoms with E-state index >= 15 is 0 Å². The number of aryl methyl sites for hydroxylation is 1. The summed E-state index contributed by atoms with van der Waals surface area (Å²) < 4.78 is 31.4. The highest BCUT2D eigenvalue weighted by molar-refractivity contribution is 7.89. The van der Waals surface area contributed by atoms with Crippen molar-refractivity contribution in [3.63, 3.8) is 0 Å². The van der Waals surface area contributed by atoms with E-state index in [1.54, 1.807) is 31.4 Å². The number of ether oxygens (including phenoxy) is 1. The molecule has 0 bridgehead atoms. The second kappa shape index (κ2) is 8.88. The molecule has 166 valence electrons. The minimum absolute atomic E-state index is 0.235. The van der Waals surface area contributed by atoms with Crippen LogP contribution in [0.4, 0.5) is 0 Å². The van der Waals surface area contributed by atoms with E-state index in [1.807, 2.05) is 42.5 Å². The van der Waals surface area contributed by atoms with Gasteiger partial charge in [-0.15, -0.1) is 0 Å². The van der Waals surface area contributed by atoms with Crippen molar-refractivity contribution in [3.8, 4) is 16.9 Å². The molecule has 1 fully saturated rings. The zero-order chi connectivity index (χ0) is 22.8. The molecule has 3 aromatic carbocycles. The minimum atomic E-state index is -3.45. The quantitative estimate of drug-likeness (QED) is 0.522. The Labute approximate surface area is 189 Å². The van der Waals surface area contributed by atoms with E-state index in [0.717, 1.165) is 40.8 Å². The highest BCUT2D eigenvalue weighted by Crippen LogP contribution is 2.50. The molecule has 1 saturated carbocycles. The smallest absolute Gasteiger partial charge is 0.240 e. The van der Waals surface area contributed by atoms with Crippen LogP contribution in [0, 0.1) is 0 Å². The molecule has 1 N–H and O–H groups in total. The van der Waals surface area contributed by atoms with E-state index < -0.39 is 10.0 Å². The van der Waals surface area contributed by atoms with Gasteiger partial charge in [-0.3, -0.25) is 4.79 Å². The summed E-state index contributed by atoms with van der Waals surface area (Å²) in [4.78, 5) is 13.3. The Morgan fingerprint density at radius 2 is 1.66 bits per heavy atom. The van der Waals surface area contributed by atoms with Crippen molar-refractivity contribution in [1.82, 2.24) is 4.72 Å². The molecule has 0 radical (unpaired) electrons. The van der Waals surface area contributed by atoms with Crippen molar-refractivity contribution in [3.05, 3.63) is 83.9 Å². The van der Waals surface area contributed by atoms with Crippen LogP contribution in [0.5, 0.6) is 5.75 Å². The molecule has 1 aliphatic rings. The molecule has 0 spiro atoms.